The molecule has 4 N–H and O–H groups in total. The number of aryl methyl sites for hydroxylation is 1. The molecule has 0 fully saturated rings. The van der Waals surface area contributed by atoms with Crippen molar-refractivity contribution < 1.29 is 19.1 Å². The van der Waals surface area contributed by atoms with E-state index in [9.17, 15) is 19.1 Å². The molecule has 0 bridgehead atoms. The predicted octanol–water partition coefficient (Wildman–Crippen LogP) is 2.91. The zero-order valence-electron chi connectivity index (χ0n) is 22.2. The molecule has 42 heavy (non-hydrogen) atoms. The van der Waals surface area contributed by atoms with Crippen molar-refractivity contribution in [2.75, 3.05) is 4.90 Å². The van der Waals surface area contributed by atoms with Crippen LogP contribution in [0.1, 0.15) is 48.6 Å². The summed E-state index contributed by atoms with van der Waals surface area (Å²) in [5.41, 5.74) is 3.24. The fourth-order valence-electron chi connectivity index (χ4n) is 4.77. The second kappa shape index (κ2) is 11.4. The van der Waals surface area contributed by atoms with Crippen LogP contribution in [-0.2, 0) is 13.1 Å². The summed E-state index contributed by atoms with van der Waals surface area (Å²) in [5, 5.41) is 33.1. The van der Waals surface area contributed by atoms with E-state index in [0.717, 1.165) is 16.8 Å². The van der Waals surface area contributed by atoms with Crippen molar-refractivity contribution in [3.8, 4) is 11.4 Å². The number of hydrogen-bond donors (Lipinski definition) is 4. The van der Waals surface area contributed by atoms with E-state index in [2.05, 4.69) is 41.2 Å². The minimum absolute atomic E-state index is 0.00886. The van der Waals surface area contributed by atoms with Crippen molar-refractivity contribution in [3.63, 3.8) is 0 Å². The van der Waals surface area contributed by atoms with Crippen LogP contribution in [-0.4, -0.2) is 53.7 Å². The number of benzene rings is 2. The maximum Gasteiger partial charge on any atom is 0.270 e. The number of rotatable bonds is 8. The third-order valence-corrected chi connectivity index (χ3v) is 7.76. The third kappa shape index (κ3) is 5.44. The van der Waals surface area contributed by atoms with E-state index in [4.69, 9.17) is 0 Å². The van der Waals surface area contributed by atoms with Gasteiger partial charge in [-0.3, -0.25) is 9.59 Å². The number of nitrogens with one attached hydrogen (secondary N) is 3. The topological polar surface area (TPSA) is 162 Å². The third-order valence-electron chi connectivity index (χ3n) is 6.90. The fourth-order valence-corrected chi connectivity index (χ4v) is 5.48. The number of H-pyrrole nitrogens is 1. The van der Waals surface area contributed by atoms with E-state index in [1.807, 2.05) is 23.6 Å². The zero-order chi connectivity index (χ0) is 29.2. The fraction of sp³-hybridized carbons (Fsp3) is 0.179. The average molecular weight is 586 g/mol. The first-order valence-corrected chi connectivity index (χ1v) is 13.8. The normalized spacial score (nSPS) is 15.8. The SMILES string of the molecule is Cc1cc(CNC(=O)c2cc(C(=O)N[C@@H]3c4ccc(-c5nn[nH]n5)cc4N(Cc4cccs4)C3O)ncn2)ccc1F. The lowest BCUT2D eigenvalue weighted by Gasteiger charge is -2.26. The largest absolute Gasteiger partial charge is 0.371 e. The molecule has 12 nitrogen and oxygen atoms in total. The minimum Gasteiger partial charge on any atom is -0.371 e. The van der Waals surface area contributed by atoms with Gasteiger partial charge in [-0.05, 0) is 46.8 Å². The number of fused-ring (bicyclic) bond motifs is 1. The number of aliphatic hydroxyl groups is 1. The van der Waals surface area contributed by atoms with Gasteiger partial charge in [0.1, 0.15) is 29.6 Å². The van der Waals surface area contributed by atoms with Gasteiger partial charge >= 0.3 is 0 Å². The lowest BCUT2D eigenvalue weighted by atomic mass is 10.0. The molecule has 5 aromatic rings. The molecular weight excluding hydrogens is 561 g/mol. The van der Waals surface area contributed by atoms with Gasteiger partial charge in [0.05, 0.1) is 6.54 Å². The van der Waals surface area contributed by atoms with E-state index in [0.29, 0.717) is 34.7 Å². The summed E-state index contributed by atoms with van der Waals surface area (Å²) in [7, 11) is 0. The van der Waals surface area contributed by atoms with Gasteiger partial charge in [-0.1, -0.05) is 30.3 Å². The molecule has 0 saturated heterocycles. The molecule has 3 aromatic heterocycles. The number of amides is 2. The van der Waals surface area contributed by atoms with E-state index in [1.165, 1.54) is 12.1 Å². The van der Waals surface area contributed by atoms with Crippen molar-refractivity contribution in [1.82, 2.24) is 41.2 Å². The van der Waals surface area contributed by atoms with Crippen LogP contribution >= 0.6 is 11.3 Å². The van der Waals surface area contributed by atoms with Crippen LogP contribution in [0.3, 0.4) is 0 Å². The molecule has 6 rings (SSSR count). The Morgan fingerprint density at radius 2 is 1.93 bits per heavy atom. The Balaban J connectivity index is 1.21. The van der Waals surface area contributed by atoms with Crippen LogP contribution in [0, 0.1) is 12.7 Å². The van der Waals surface area contributed by atoms with Crippen LogP contribution in [0.2, 0.25) is 0 Å². The molecule has 1 aliphatic rings. The number of tetrazole rings is 1. The van der Waals surface area contributed by atoms with E-state index in [-0.39, 0.29) is 23.7 Å². The van der Waals surface area contributed by atoms with Crippen LogP contribution < -0.4 is 15.5 Å². The predicted molar refractivity (Wildman–Crippen MR) is 151 cm³/mol. The summed E-state index contributed by atoms with van der Waals surface area (Å²) in [5.74, 6) is -1.03. The molecular formula is C28H24FN9O3S. The number of anilines is 1. The van der Waals surface area contributed by atoms with Crippen LogP contribution in [0.4, 0.5) is 10.1 Å². The molecule has 212 valence electrons. The van der Waals surface area contributed by atoms with Crippen LogP contribution in [0.5, 0.6) is 0 Å². The standard InChI is InChI=1S/C28H24FN9O3S/c1-15-9-16(4-7-20(15)29)12-30-26(39)21-11-22(32-14-31-21)27(40)33-24-19-6-5-17(25-34-36-37-35-25)10-23(19)38(28(24)41)13-18-3-2-8-42-18/h2-11,14,24,28,41H,12-13H2,1H3,(H,30,39)(H,33,40)(H,34,35,36,37)/t24-,28?/m1/s1. The highest BCUT2D eigenvalue weighted by Gasteiger charge is 2.39. The Kier molecular flexibility index (Phi) is 7.37. The summed E-state index contributed by atoms with van der Waals surface area (Å²) in [6, 6.07) is 14.4. The lowest BCUT2D eigenvalue weighted by molar-refractivity contribution is 0.0843. The van der Waals surface area contributed by atoms with Crippen molar-refractivity contribution in [3.05, 3.63) is 105 Å². The Bertz CT molecular complexity index is 1750. The molecule has 2 aromatic carbocycles. The molecule has 2 amide bonds. The number of carbonyl (C=O) groups excluding carboxylic acids is 2. The molecule has 2 atom stereocenters. The van der Waals surface area contributed by atoms with Gasteiger partial charge < -0.3 is 20.6 Å². The molecule has 0 saturated carbocycles. The number of aromatic amines is 1. The second-order valence-corrected chi connectivity index (χ2v) is 10.7. The van der Waals surface area contributed by atoms with Gasteiger partial charge in [0.2, 0.25) is 5.82 Å². The van der Waals surface area contributed by atoms with E-state index < -0.39 is 24.1 Å². The molecule has 1 aliphatic heterocycles. The summed E-state index contributed by atoms with van der Waals surface area (Å²) >= 11 is 1.56. The van der Waals surface area contributed by atoms with E-state index in [1.54, 1.807) is 47.4 Å². The first-order valence-electron chi connectivity index (χ1n) is 12.9. The smallest absolute Gasteiger partial charge is 0.270 e. The molecule has 4 heterocycles. The van der Waals surface area contributed by atoms with Crippen LogP contribution in [0.15, 0.2) is 66.3 Å². The first kappa shape index (κ1) is 27.1. The van der Waals surface area contributed by atoms with Gasteiger partial charge in [-0.15, -0.1) is 21.5 Å². The highest BCUT2D eigenvalue weighted by Crippen LogP contribution is 2.41. The summed E-state index contributed by atoms with van der Waals surface area (Å²) in [6.07, 6.45) is 0.0425. The Morgan fingerprint density at radius 3 is 2.67 bits per heavy atom. The van der Waals surface area contributed by atoms with Gasteiger partial charge in [0.25, 0.3) is 11.8 Å². The van der Waals surface area contributed by atoms with Crippen molar-refractivity contribution in [2.45, 2.75) is 32.3 Å². The summed E-state index contributed by atoms with van der Waals surface area (Å²) in [4.78, 5) is 37.0. The zero-order valence-corrected chi connectivity index (χ0v) is 23.0. The number of hydrogen-bond acceptors (Lipinski definition) is 10. The molecule has 0 radical (unpaired) electrons. The summed E-state index contributed by atoms with van der Waals surface area (Å²) < 4.78 is 13.5. The monoisotopic (exact) mass is 585 g/mol. The number of aromatic nitrogens is 6. The Morgan fingerprint density at radius 1 is 1.10 bits per heavy atom. The molecule has 14 heteroatoms. The number of thiophene rings is 1. The number of aliphatic hydroxyl groups excluding tert-OH is 1. The molecule has 1 unspecified atom stereocenters. The first-order chi connectivity index (χ1) is 20.4. The van der Waals surface area contributed by atoms with Gasteiger partial charge in [-0.2, -0.15) is 5.21 Å². The van der Waals surface area contributed by atoms with Gasteiger partial charge in [0, 0.05) is 34.3 Å². The second-order valence-electron chi connectivity index (χ2n) is 9.64. The van der Waals surface area contributed by atoms with E-state index >= 15 is 0 Å². The van der Waals surface area contributed by atoms with Gasteiger partial charge in [-0.25, -0.2) is 14.4 Å². The Hall–Kier alpha value is -5.08. The maximum atomic E-state index is 13.5. The number of nitrogens with zero attached hydrogens (tertiary/aromatic N) is 6. The lowest BCUT2D eigenvalue weighted by Crippen LogP contribution is -2.41. The van der Waals surface area contributed by atoms with Gasteiger partial charge in [0.15, 0.2) is 6.23 Å². The summed E-state index contributed by atoms with van der Waals surface area (Å²) in [6.45, 7) is 2.21. The minimum atomic E-state index is -1.09. The quantitative estimate of drug-likeness (QED) is 0.215. The number of carbonyl (C=O) groups is 2. The highest BCUT2D eigenvalue weighted by atomic mass is 32.1. The maximum absolute atomic E-state index is 13.5. The molecule has 0 spiro atoms. The average Bonchev–Trinajstić information content (AvgIpc) is 3.77. The van der Waals surface area contributed by atoms with Crippen molar-refractivity contribution in [2.24, 2.45) is 0 Å². The molecule has 0 aliphatic carbocycles. The van der Waals surface area contributed by atoms with Crippen molar-refractivity contribution in [1.29, 1.82) is 0 Å². The van der Waals surface area contributed by atoms with Crippen LogP contribution in [0.25, 0.3) is 11.4 Å². The van der Waals surface area contributed by atoms with Crippen molar-refractivity contribution >= 4 is 28.8 Å². The number of halogens is 1. The Labute approximate surface area is 242 Å². The highest BCUT2D eigenvalue weighted by molar-refractivity contribution is 7.09.